The molecule has 0 aromatic heterocycles. The molecule has 0 saturated carbocycles. The SMILES string of the molecule is CN(C)S(=O)(=O)c1cccc(NCc2cccc(Br)c2)c1. The summed E-state index contributed by atoms with van der Waals surface area (Å²) in [7, 11) is -0.354. The lowest BCUT2D eigenvalue weighted by Gasteiger charge is -2.13. The van der Waals surface area contributed by atoms with Crippen LogP contribution in [0.25, 0.3) is 0 Å². The van der Waals surface area contributed by atoms with E-state index < -0.39 is 10.0 Å². The van der Waals surface area contributed by atoms with Gasteiger partial charge in [-0.05, 0) is 35.9 Å². The molecule has 0 aliphatic heterocycles. The summed E-state index contributed by atoms with van der Waals surface area (Å²) in [6.45, 7) is 0.630. The Labute approximate surface area is 134 Å². The van der Waals surface area contributed by atoms with Crippen molar-refractivity contribution in [3.8, 4) is 0 Å². The summed E-state index contributed by atoms with van der Waals surface area (Å²) < 4.78 is 26.4. The Kier molecular flexibility index (Phi) is 5.03. The van der Waals surface area contributed by atoms with Gasteiger partial charge in [-0.3, -0.25) is 0 Å². The van der Waals surface area contributed by atoms with Gasteiger partial charge in [0.15, 0.2) is 0 Å². The first-order chi connectivity index (χ1) is 9.89. The fourth-order valence-electron chi connectivity index (χ4n) is 1.83. The van der Waals surface area contributed by atoms with Gasteiger partial charge >= 0.3 is 0 Å². The van der Waals surface area contributed by atoms with E-state index >= 15 is 0 Å². The molecule has 112 valence electrons. The Morgan fingerprint density at radius 2 is 1.81 bits per heavy atom. The molecule has 0 saturated heterocycles. The van der Waals surface area contributed by atoms with Crippen LogP contribution in [-0.4, -0.2) is 26.8 Å². The summed E-state index contributed by atoms with van der Waals surface area (Å²) in [5.74, 6) is 0. The molecule has 1 N–H and O–H groups in total. The van der Waals surface area contributed by atoms with Gasteiger partial charge in [0.2, 0.25) is 10.0 Å². The third-order valence-corrected chi connectivity index (χ3v) is 5.30. The van der Waals surface area contributed by atoms with E-state index in [1.165, 1.54) is 18.4 Å². The highest BCUT2D eigenvalue weighted by atomic mass is 79.9. The number of benzene rings is 2. The summed E-state index contributed by atoms with van der Waals surface area (Å²) in [5.41, 5.74) is 1.89. The summed E-state index contributed by atoms with van der Waals surface area (Å²) in [6.07, 6.45) is 0. The van der Waals surface area contributed by atoms with E-state index in [1.54, 1.807) is 18.2 Å². The Bertz CT molecular complexity index is 730. The summed E-state index contributed by atoms with van der Waals surface area (Å²) >= 11 is 3.43. The van der Waals surface area contributed by atoms with Crippen molar-refractivity contribution < 1.29 is 8.42 Å². The van der Waals surface area contributed by atoms with E-state index in [-0.39, 0.29) is 4.90 Å². The Morgan fingerprint density at radius 1 is 1.10 bits per heavy atom. The first kappa shape index (κ1) is 16.0. The van der Waals surface area contributed by atoms with Crippen molar-refractivity contribution >= 4 is 31.6 Å². The normalized spacial score (nSPS) is 11.6. The highest BCUT2D eigenvalue weighted by molar-refractivity contribution is 9.10. The first-order valence-electron chi connectivity index (χ1n) is 6.40. The van der Waals surface area contributed by atoms with Crippen LogP contribution in [0.4, 0.5) is 5.69 Å². The maximum atomic E-state index is 12.1. The average molecular weight is 369 g/mol. The summed E-state index contributed by atoms with van der Waals surface area (Å²) in [4.78, 5) is 0.284. The fourth-order valence-corrected chi connectivity index (χ4v) is 3.22. The second-order valence-electron chi connectivity index (χ2n) is 4.80. The van der Waals surface area contributed by atoms with Crippen molar-refractivity contribution in [1.82, 2.24) is 4.31 Å². The van der Waals surface area contributed by atoms with Gasteiger partial charge in [-0.25, -0.2) is 12.7 Å². The molecule has 21 heavy (non-hydrogen) atoms. The molecule has 0 radical (unpaired) electrons. The molecule has 0 heterocycles. The van der Waals surface area contributed by atoms with Gasteiger partial charge < -0.3 is 5.32 Å². The molecule has 4 nitrogen and oxygen atoms in total. The van der Waals surface area contributed by atoms with Crippen molar-refractivity contribution in [3.05, 3.63) is 58.6 Å². The van der Waals surface area contributed by atoms with Crippen molar-refractivity contribution in [3.63, 3.8) is 0 Å². The van der Waals surface area contributed by atoms with Crippen LogP contribution in [0.5, 0.6) is 0 Å². The fraction of sp³-hybridized carbons (Fsp3) is 0.200. The number of rotatable bonds is 5. The van der Waals surface area contributed by atoms with E-state index in [4.69, 9.17) is 0 Å². The molecule has 6 heteroatoms. The topological polar surface area (TPSA) is 49.4 Å². The van der Waals surface area contributed by atoms with Crippen LogP contribution in [0.3, 0.4) is 0 Å². The molecular formula is C15H17BrN2O2S. The third-order valence-electron chi connectivity index (χ3n) is 3.00. The van der Waals surface area contributed by atoms with E-state index in [0.717, 1.165) is 15.7 Å². The number of anilines is 1. The van der Waals surface area contributed by atoms with Crippen LogP contribution in [0, 0.1) is 0 Å². The summed E-state index contributed by atoms with van der Waals surface area (Å²) in [6, 6.07) is 14.8. The molecule has 0 aliphatic carbocycles. The molecule has 0 fully saturated rings. The Morgan fingerprint density at radius 3 is 2.48 bits per heavy atom. The van der Waals surface area contributed by atoms with Crippen LogP contribution < -0.4 is 5.32 Å². The molecular weight excluding hydrogens is 352 g/mol. The monoisotopic (exact) mass is 368 g/mol. The molecule has 0 spiro atoms. The molecule has 2 aromatic carbocycles. The van der Waals surface area contributed by atoms with Gasteiger partial charge in [-0.1, -0.05) is 34.1 Å². The van der Waals surface area contributed by atoms with Crippen molar-refractivity contribution in [1.29, 1.82) is 0 Å². The van der Waals surface area contributed by atoms with Crippen LogP contribution in [0.15, 0.2) is 57.9 Å². The molecule has 0 aliphatic rings. The second kappa shape index (κ2) is 6.60. The number of nitrogens with one attached hydrogen (secondary N) is 1. The quantitative estimate of drug-likeness (QED) is 0.880. The Balaban J connectivity index is 2.15. The largest absolute Gasteiger partial charge is 0.381 e. The van der Waals surface area contributed by atoms with Crippen molar-refractivity contribution in [2.24, 2.45) is 0 Å². The van der Waals surface area contributed by atoms with Crippen LogP contribution in [0.1, 0.15) is 5.56 Å². The van der Waals surface area contributed by atoms with Gasteiger partial charge in [-0.2, -0.15) is 0 Å². The third kappa shape index (κ3) is 4.06. The lowest BCUT2D eigenvalue weighted by molar-refractivity contribution is 0.521. The number of hydrogen-bond acceptors (Lipinski definition) is 3. The first-order valence-corrected chi connectivity index (χ1v) is 8.64. The predicted octanol–water partition coefficient (Wildman–Crippen LogP) is 3.31. The van der Waals surface area contributed by atoms with E-state index in [1.807, 2.05) is 30.3 Å². The Hall–Kier alpha value is -1.37. The van der Waals surface area contributed by atoms with Crippen LogP contribution >= 0.6 is 15.9 Å². The average Bonchev–Trinajstić information content (AvgIpc) is 2.45. The zero-order valence-corrected chi connectivity index (χ0v) is 14.3. The van der Waals surface area contributed by atoms with Gasteiger partial charge in [0, 0.05) is 30.8 Å². The lowest BCUT2D eigenvalue weighted by atomic mass is 10.2. The highest BCUT2D eigenvalue weighted by Gasteiger charge is 2.16. The number of nitrogens with zero attached hydrogens (tertiary/aromatic N) is 1. The maximum absolute atomic E-state index is 12.1. The lowest BCUT2D eigenvalue weighted by Crippen LogP contribution is -2.22. The smallest absolute Gasteiger partial charge is 0.242 e. The minimum Gasteiger partial charge on any atom is -0.381 e. The van der Waals surface area contributed by atoms with E-state index in [9.17, 15) is 8.42 Å². The zero-order chi connectivity index (χ0) is 15.5. The predicted molar refractivity (Wildman–Crippen MR) is 88.8 cm³/mol. The van der Waals surface area contributed by atoms with Gasteiger partial charge in [0.05, 0.1) is 4.90 Å². The van der Waals surface area contributed by atoms with Crippen LogP contribution in [0.2, 0.25) is 0 Å². The standard InChI is InChI=1S/C15H17BrN2O2S/c1-18(2)21(19,20)15-8-4-7-14(10-15)17-11-12-5-3-6-13(16)9-12/h3-10,17H,11H2,1-2H3. The number of halogens is 1. The maximum Gasteiger partial charge on any atom is 0.242 e. The molecule has 0 unspecified atom stereocenters. The highest BCUT2D eigenvalue weighted by Crippen LogP contribution is 2.19. The molecule has 0 atom stereocenters. The minimum absolute atomic E-state index is 0.284. The van der Waals surface area contributed by atoms with Crippen molar-refractivity contribution in [2.45, 2.75) is 11.4 Å². The zero-order valence-electron chi connectivity index (χ0n) is 11.9. The summed E-state index contributed by atoms with van der Waals surface area (Å²) in [5, 5.41) is 3.24. The number of sulfonamides is 1. The molecule has 0 bridgehead atoms. The van der Waals surface area contributed by atoms with Gasteiger partial charge in [-0.15, -0.1) is 0 Å². The molecule has 2 aromatic rings. The van der Waals surface area contributed by atoms with E-state index in [2.05, 4.69) is 21.2 Å². The van der Waals surface area contributed by atoms with Gasteiger partial charge in [0.1, 0.15) is 0 Å². The minimum atomic E-state index is -3.40. The van der Waals surface area contributed by atoms with E-state index in [0.29, 0.717) is 6.54 Å². The number of hydrogen-bond donors (Lipinski definition) is 1. The van der Waals surface area contributed by atoms with Crippen molar-refractivity contribution in [2.75, 3.05) is 19.4 Å². The second-order valence-corrected chi connectivity index (χ2v) is 7.87. The van der Waals surface area contributed by atoms with Crippen LogP contribution in [-0.2, 0) is 16.6 Å². The van der Waals surface area contributed by atoms with Gasteiger partial charge in [0.25, 0.3) is 0 Å². The molecule has 0 amide bonds. The molecule has 2 rings (SSSR count).